The Morgan fingerprint density at radius 1 is 1.29 bits per heavy atom. The Morgan fingerprint density at radius 2 is 2.00 bits per heavy atom. The van der Waals surface area contributed by atoms with Gasteiger partial charge in [0.05, 0.1) is 4.47 Å². The molecule has 1 aromatic rings. The SMILES string of the molecule is CCC1(C)CN(Cc2cccc(F)c2Br)C(C)(CC)CN1. The number of nitrogens with zero attached hydrogens (tertiary/aromatic N) is 1. The van der Waals surface area contributed by atoms with E-state index in [4.69, 9.17) is 0 Å². The summed E-state index contributed by atoms with van der Waals surface area (Å²) >= 11 is 3.39. The summed E-state index contributed by atoms with van der Waals surface area (Å²) in [6.07, 6.45) is 2.17. The average Bonchev–Trinajstić information content (AvgIpc) is 2.48. The van der Waals surface area contributed by atoms with Gasteiger partial charge in [0.25, 0.3) is 0 Å². The van der Waals surface area contributed by atoms with Crippen molar-refractivity contribution in [1.82, 2.24) is 10.2 Å². The molecule has 1 saturated heterocycles. The van der Waals surface area contributed by atoms with E-state index in [2.05, 4.69) is 53.8 Å². The molecule has 0 spiro atoms. The standard InChI is InChI=1S/C17H26BrFN2/c1-5-16(3)12-21(17(4,6-2)11-20-16)10-13-8-7-9-14(19)15(13)18/h7-9,20H,5-6,10-12H2,1-4H3. The molecule has 0 amide bonds. The minimum atomic E-state index is -0.181. The highest BCUT2D eigenvalue weighted by Gasteiger charge is 2.40. The van der Waals surface area contributed by atoms with E-state index in [1.54, 1.807) is 6.07 Å². The number of hydrogen-bond acceptors (Lipinski definition) is 2. The number of rotatable bonds is 4. The number of benzene rings is 1. The molecule has 0 aromatic heterocycles. The van der Waals surface area contributed by atoms with Crippen LogP contribution in [-0.2, 0) is 6.54 Å². The number of nitrogens with one attached hydrogen (secondary N) is 1. The summed E-state index contributed by atoms with van der Waals surface area (Å²) in [7, 11) is 0. The lowest BCUT2D eigenvalue weighted by molar-refractivity contribution is 0.0102. The smallest absolute Gasteiger partial charge is 0.137 e. The lowest BCUT2D eigenvalue weighted by atomic mass is 9.85. The molecule has 2 unspecified atom stereocenters. The minimum Gasteiger partial charge on any atom is -0.308 e. The zero-order valence-corrected chi connectivity index (χ0v) is 15.1. The van der Waals surface area contributed by atoms with Gasteiger partial charge in [0.1, 0.15) is 5.82 Å². The van der Waals surface area contributed by atoms with Gasteiger partial charge in [-0.2, -0.15) is 0 Å². The maximum atomic E-state index is 13.7. The van der Waals surface area contributed by atoms with E-state index in [1.807, 2.05) is 6.07 Å². The maximum Gasteiger partial charge on any atom is 0.137 e. The van der Waals surface area contributed by atoms with E-state index in [0.29, 0.717) is 4.47 Å². The highest BCUT2D eigenvalue weighted by molar-refractivity contribution is 9.10. The Labute approximate surface area is 136 Å². The predicted molar refractivity (Wildman–Crippen MR) is 89.9 cm³/mol. The van der Waals surface area contributed by atoms with E-state index in [1.165, 1.54) is 6.07 Å². The Bertz CT molecular complexity index is 508. The van der Waals surface area contributed by atoms with Crippen molar-refractivity contribution in [2.24, 2.45) is 0 Å². The van der Waals surface area contributed by atoms with Crippen LogP contribution in [0.1, 0.15) is 46.1 Å². The van der Waals surface area contributed by atoms with Gasteiger partial charge in [0.15, 0.2) is 0 Å². The van der Waals surface area contributed by atoms with Crippen molar-refractivity contribution in [3.05, 3.63) is 34.1 Å². The largest absolute Gasteiger partial charge is 0.308 e. The van der Waals surface area contributed by atoms with Crippen molar-refractivity contribution in [2.75, 3.05) is 13.1 Å². The van der Waals surface area contributed by atoms with E-state index >= 15 is 0 Å². The number of halogens is 2. The Balaban J connectivity index is 2.26. The summed E-state index contributed by atoms with van der Waals surface area (Å²) in [5.74, 6) is -0.181. The zero-order valence-electron chi connectivity index (χ0n) is 13.5. The molecule has 21 heavy (non-hydrogen) atoms. The second kappa shape index (κ2) is 6.35. The van der Waals surface area contributed by atoms with E-state index in [0.717, 1.165) is 38.0 Å². The molecule has 1 N–H and O–H groups in total. The minimum absolute atomic E-state index is 0.112. The van der Waals surface area contributed by atoms with Crippen LogP contribution >= 0.6 is 15.9 Å². The molecule has 1 aliphatic rings. The second-order valence-corrected chi connectivity index (χ2v) is 7.48. The Kier molecular flexibility index (Phi) is 5.11. The molecular formula is C17H26BrFN2. The van der Waals surface area contributed by atoms with E-state index in [-0.39, 0.29) is 16.9 Å². The van der Waals surface area contributed by atoms with E-state index < -0.39 is 0 Å². The van der Waals surface area contributed by atoms with Gasteiger partial charge < -0.3 is 5.32 Å². The first-order valence-corrected chi connectivity index (χ1v) is 8.56. The molecule has 1 fully saturated rings. The topological polar surface area (TPSA) is 15.3 Å². The van der Waals surface area contributed by atoms with Crippen molar-refractivity contribution in [3.63, 3.8) is 0 Å². The van der Waals surface area contributed by atoms with Gasteiger partial charge in [-0.3, -0.25) is 4.90 Å². The lowest BCUT2D eigenvalue weighted by Gasteiger charge is -2.52. The molecule has 2 atom stereocenters. The first kappa shape index (κ1) is 16.9. The van der Waals surface area contributed by atoms with Crippen molar-refractivity contribution < 1.29 is 4.39 Å². The molecule has 0 radical (unpaired) electrons. The summed E-state index contributed by atoms with van der Waals surface area (Å²) in [4.78, 5) is 2.51. The monoisotopic (exact) mass is 356 g/mol. The molecule has 0 saturated carbocycles. The summed E-state index contributed by atoms with van der Waals surface area (Å²) in [5, 5.41) is 3.70. The zero-order chi connectivity index (χ0) is 15.7. The molecule has 0 aliphatic carbocycles. The molecule has 0 bridgehead atoms. The van der Waals surface area contributed by atoms with Crippen LogP contribution in [0.4, 0.5) is 4.39 Å². The molecule has 2 nitrogen and oxygen atoms in total. The van der Waals surface area contributed by atoms with Gasteiger partial charge in [-0.15, -0.1) is 0 Å². The Morgan fingerprint density at radius 3 is 2.62 bits per heavy atom. The number of hydrogen-bond donors (Lipinski definition) is 1. The fraction of sp³-hybridized carbons (Fsp3) is 0.647. The van der Waals surface area contributed by atoms with Crippen molar-refractivity contribution >= 4 is 15.9 Å². The number of piperazine rings is 1. The Hall–Kier alpha value is -0.450. The van der Waals surface area contributed by atoms with Gasteiger partial charge in [0, 0.05) is 30.7 Å². The summed E-state index contributed by atoms with van der Waals surface area (Å²) in [5.41, 5.74) is 1.27. The van der Waals surface area contributed by atoms with Gasteiger partial charge in [-0.05, 0) is 54.2 Å². The molecule has 1 heterocycles. The van der Waals surface area contributed by atoms with Crippen molar-refractivity contribution in [3.8, 4) is 0 Å². The quantitative estimate of drug-likeness (QED) is 0.863. The van der Waals surface area contributed by atoms with Crippen LogP contribution in [-0.4, -0.2) is 29.1 Å². The third-order valence-corrected chi connectivity index (χ3v) is 6.02. The predicted octanol–water partition coefficient (Wildman–Crippen LogP) is 4.33. The van der Waals surface area contributed by atoms with Crippen LogP contribution in [0.5, 0.6) is 0 Å². The fourth-order valence-electron chi connectivity index (χ4n) is 2.89. The highest BCUT2D eigenvalue weighted by Crippen LogP contribution is 2.31. The maximum absolute atomic E-state index is 13.7. The van der Waals surface area contributed by atoms with E-state index in [9.17, 15) is 4.39 Å². The van der Waals surface area contributed by atoms with Gasteiger partial charge in [0.2, 0.25) is 0 Å². The van der Waals surface area contributed by atoms with Crippen LogP contribution in [0, 0.1) is 5.82 Å². The summed E-state index contributed by atoms with van der Waals surface area (Å²) < 4.78 is 14.3. The first-order valence-electron chi connectivity index (χ1n) is 7.76. The van der Waals surface area contributed by atoms with Crippen molar-refractivity contribution in [2.45, 2.75) is 58.2 Å². The van der Waals surface area contributed by atoms with Crippen LogP contribution in [0.15, 0.2) is 22.7 Å². The molecule has 2 rings (SSSR count). The molecule has 118 valence electrons. The highest BCUT2D eigenvalue weighted by atomic mass is 79.9. The van der Waals surface area contributed by atoms with Gasteiger partial charge in [-0.25, -0.2) is 4.39 Å². The summed E-state index contributed by atoms with van der Waals surface area (Å²) in [6, 6.07) is 5.30. The lowest BCUT2D eigenvalue weighted by Crippen LogP contribution is -2.67. The normalized spacial score (nSPS) is 30.6. The molecular weight excluding hydrogens is 331 g/mol. The molecule has 4 heteroatoms. The third kappa shape index (κ3) is 3.49. The van der Waals surface area contributed by atoms with Crippen LogP contribution in [0.2, 0.25) is 0 Å². The molecule has 1 aromatic carbocycles. The summed E-state index contributed by atoms with van der Waals surface area (Å²) in [6.45, 7) is 11.7. The van der Waals surface area contributed by atoms with Gasteiger partial charge in [-0.1, -0.05) is 26.0 Å². The van der Waals surface area contributed by atoms with Crippen molar-refractivity contribution in [1.29, 1.82) is 0 Å². The van der Waals surface area contributed by atoms with Crippen LogP contribution in [0.3, 0.4) is 0 Å². The van der Waals surface area contributed by atoms with Crippen LogP contribution in [0.25, 0.3) is 0 Å². The molecule has 1 aliphatic heterocycles. The third-order valence-electron chi connectivity index (χ3n) is 5.13. The fourth-order valence-corrected chi connectivity index (χ4v) is 3.28. The first-order chi connectivity index (χ1) is 9.83. The van der Waals surface area contributed by atoms with Gasteiger partial charge >= 0.3 is 0 Å². The second-order valence-electron chi connectivity index (χ2n) is 6.69. The average molecular weight is 357 g/mol. The van der Waals surface area contributed by atoms with Crippen LogP contribution < -0.4 is 5.32 Å².